The lowest BCUT2D eigenvalue weighted by molar-refractivity contribution is -0.136. The van der Waals surface area contributed by atoms with Crippen molar-refractivity contribution in [3.8, 4) is 0 Å². The molecule has 7 heteroatoms. The van der Waals surface area contributed by atoms with E-state index in [9.17, 15) is 14.4 Å². The van der Waals surface area contributed by atoms with Gasteiger partial charge in [0.1, 0.15) is 0 Å². The predicted octanol–water partition coefficient (Wildman–Crippen LogP) is 3.93. The van der Waals surface area contributed by atoms with Crippen molar-refractivity contribution in [2.24, 2.45) is 5.73 Å². The average Bonchev–Trinajstić information content (AvgIpc) is 2.78. The predicted molar refractivity (Wildman–Crippen MR) is 120 cm³/mol. The molecule has 1 aliphatic rings. The minimum absolute atomic E-state index is 0.0677. The summed E-state index contributed by atoms with van der Waals surface area (Å²) in [6.45, 7) is 0.344. The summed E-state index contributed by atoms with van der Waals surface area (Å²) in [5, 5.41) is 11.2. The standard InChI is InChI=1S/C24H27N3O4/c25-24(31)27(21-12-10-19(11-13-21)18-4-2-1-3-5-18)16-17-6-8-20(9-7-17)23(30)26-15-14-22(28)29/h4,6-13H,1-3,5,14-16H2,(H2,25,31)(H,26,30)(H,28,29). The fourth-order valence-electron chi connectivity index (χ4n) is 3.58. The Kier molecular flexibility index (Phi) is 7.43. The molecular formula is C24H27N3O4. The minimum Gasteiger partial charge on any atom is -0.481 e. The Morgan fingerprint density at radius 3 is 2.29 bits per heavy atom. The maximum Gasteiger partial charge on any atom is 0.319 e. The molecule has 7 nitrogen and oxygen atoms in total. The van der Waals surface area contributed by atoms with Crippen LogP contribution in [0.4, 0.5) is 10.5 Å². The van der Waals surface area contributed by atoms with E-state index in [1.165, 1.54) is 28.9 Å². The van der Waals surface area contributed by atoms with Gasteiger partial charge in [0.2, 0.25) is 0 Å². The van der Waals surface area contributed by atoms with Crippen LogP contribution in [-0.2, 0) is 11.3 Å². The monoisotopic (exact) mass is 421 g/mol. The normalized spacial score (nSPS) is 13.2. The molecule has 3 amide bonds. The number of allylic oxidation sites excluding steroid dienone is 2. The van der Waals surface area contributed by atoms with Crippen LogP contribution in [0.5, 0.6) is 0 Å². The number of carboxylic acids is 1. The highest BCUT2D eigenvalue weighted by Crippen LogP contribution is 2.28. The van der Waals surface area contributed by atoms with Crippen LogP contribution in [0.1, 0.15) is 53.6 Å². The summed E-state index contributed by atoms with van der Waals surface area (Å²) in [7, 11) is 0. The Labute approximate surface area is 181 Å². The van der Waals surface area contributed by atoms with E-state index >= 15 is 0 Å². The number of rotatable bonds is 8. The second-order valence-electron chi connectivity index (χ2n) is 7.54. The molecule has 0 unspecified atom stereocenters. The van der Waals surface area contributed by atoms with E-state index in [1.807, 2.05) is 24.3 Å². The van der Waals surface area contributed by atoms with Crippen molar-refractivity contribution in [1.82, 2.24) is 5.32 Å². The van der Waals surface area contributed by atoms with Crippen LogP contribution in [0.25, 0.3) is 5.57 Å². The second kappa shape index (κ2) is 10.4. The molecule has 0 heterocycles. The van der Waals surface area contributed by atoms with Gasteiger partial charge in [-0.15, -0.1) is 0 Å². The molecule has 31 heavy (non-hydrogen) atoms. The highest BCUT2D eigenvalue weighted by molar-refractivity contribution is 5.94. The highest BCUT2D eigenvalue weighted by Gasteiger charge is 2.15. The van der Waals surface area contributed by atoms with Crippen LogP contribution >= 0.6 is 0 Å². The molecule has 162 valence electrons. The fraction of sp³-hybridized carbons (Fsp3) is 0.292. The molecule has 0 aliphatic heterocycles. The highest BCUT2D eigenvalue weighted by atomic mass is 16.4. The van der Waals surface area contributed by atoms with Crippen molar-refractivity contribution in [2.45, 2.75) is 38.6 Å². The van der Waals surface area contributed by atoms with Gasteiger partial charge < -0.3 is 16.2 Å². The van der Waals surface area contributed by atoms with Crippen molar-refractivity contribution in [3.63, 3.8) is 0 Å². The third kappa shape index (κ3) is 6.18. The molecule has 1 aliphatic carbocycles. The number of anilines is 1. The van der Waals surface area contributed by atoms with E-state index in [2.05, 4.69) is 11.4 Å². The molecule has 0 aromatic heterocycles. The Balaban J connectivity index is 1.66. The number of hydrogen-bond donors (Lipinski definition) is 3. The lowest BCUT2D eigenvalue weighted by atomic mass is 9.93. The number of carbonyl (C=O) groups is 3. The number of nitrogens with two attached hydrogens (primary N) is 1. The molecule has 0 radical (unpaired) electrons. The number of benzene rings is 2. The van der Waals surface area contributed by atoms with E-state index in [0.717, 1.165) is 18.4 Å². The van der Waals surface area contributed by atoms with Crippen molar-refractivity contribution >= 4 is 29.2 Å². The molecule has 2 aromatic rings. The third-order valence-electron chi connectivity index (χ3n) is 5.29. The zero-order valence-corrected chi connectivity index (χ0v) is 17.3. The largest absolute Gasteiger partial charge is 0.481 e. The molecule has 0 fully saturated rings. The first-order valence-electron chi connectivity index (χ1n) is 10.4. The number of hydrogen-bond acceptors (Lipinski definition) is 3. The molecule has 2 aromatic carbocycles. The average molecular weight is 421 g/mol. The summed E-state index contributed by atoms with van der Waals surface area (Å²) in [6.07, 6.45) is 6.78. The van der Waals surface area contributed by atoms with Crippen LogP contribution in [-0.4, -0.2) is 29.6 Å². The molecular weight excluding hydrogens is 394 g/mol. The third-order valence-corrected chi connectivity index (χ3v) is 5.29. The van der Waals surface area contributed by atoms with Gasteiger partial charge in [-0.3, -0.25) is 14.5 Å². The molecule has 3 rings (SSSR count). The molecule has 0 atom stereocenters. The van der Waals surface area contributed by atoms with Gasteiger partial charge in [-0.05, 0) is 66.6 Å². The SMILES string of the molecule is NC(=O)N(Cc1ccc(C(=O)NCCC(=O)O)cc1)c1ccc(C2=CCCCC2)cc1. The number of aliphatic carboxylic acids is 1. The molecule has 0 spiro atoms. The van der Waals surface area contributed by atoms with Gasteiger partial charge in [-0.2, -0.15) is 0 Å². The van der Waals surface area contributed by atoms with E-state index in [0.29, 0.717) is 11.3 Å². The first-order chi connectivity index (χ1) is 14.9. The fourth-order valence-corrected chi connectivity index (χ4v) is 3.58. The number of nitrogens with one attached hydrogen (secondary N) is 1. The van der Waals surface area contributed by atoms with Crippen molar-refractivity contribution in [1.29, 1.82) is 0 Å². The Morgan fingerprint density at radius 1 is 1.00 bits per heavy atom. The van der Waals surface area contributed by atoms with Crippen LogP contribution in [0.15, 0.2) is 54.6 Å². The first-order valence-corrected chi connectivity index (χ1v) is 10.4. The lowest BCUT2D eigenvalue weighted by Crippen LogP contribution is -2.35. The summed E-state index contributed by atoms with van der Waals surface area (Å²) < 4.78 is 0. The maximum absolute atomic E-state index is 12.1. The Bertz CT molecular complexity index is 965. The first kappa shape index (κ1) is 22.1. The van der Waals surface area contributed by atoms with Crippen LogP contribution < -0.4 is 16.0 Å². The molecule has 0 saturated heterocycles. The molecule has 0 saturated carbocycles. The van der Waals surface area contributed by atoms with E-state index in [-0.39, 0.29) is 25.4 Å². The quantitative estimate of drug-likeness (QED) is 0.599. The summed E-state index contributed by atoms with van der Waals surface area (Å²) >= 11 is 0. The molecule has 0 bridgehead atoms. The summed E-state index contributed by atoms with van der Waals surface area (Å²) in [4.78, 5) is 36.1. The van der Waals surface area contributed by atoms with Gasteiger partial charge in [-0.25, -0.2) is 4.79 Å². The molecule has 4 N–H and O–H groups in total. The van der Waals surface area contributed by atoms with Crippen LogP contribution in [0, 0.1) is 0 Å². The van der Waals surface area contributed by atoms with Crippen molar-refractivity contribution < 1.29 is 19.5 Å². The van der Waals surface area contributed by atoms with Crippen LogP contribution in [0.2, 0.25) is 0 Å². The number of carboxylic acid groups (broad SMARTS) is 1. The summed E-state index contributed by atoms with van der Waals surface area (Å²) in [5.74, 6) is -1.31. The maximum atomic E-state index is 12.1. The summed E-state index contributed by atoms with van der Waals surface area (Å²) in [5.41, 5.74) is 10.1. The minimum atomic E-state index is -0.967. The number of primary amides is 1. The van der Waals surface area contributed by atoms with Gasteiger partial charge in [-0.1, -0.05) is 30.3 Å². The number of carbonyl (C=O) groups excluding carboxylic acids is 2. The van der Waals surface area contributed by atoms with E-state index in [1.54, 1.807) is 24.3 Å². The summed E-state index contributed by atoms with van der Waals surface area (Å²) in [6, 6.07) is 14.1. The number of nitrogens with zero attached hydrogens (tertiary/aromatic N) is 1. The van der Waals surface area contributed by atoms with Crippen LogP contribution in [0.3, 0.4) is 0 Å². The lowest BCUT2D eigenvalue weighted by Gasteiger charge is -2.21. The van der Waals surface area contributed by atoms with E-state index in [4.69, 9.17) is 10.8 Å². The van der Waals surface area contributed by atoms with E-state index < -0.39 is 12.0 Å². The van der Waals surface area contributed by atoms with Crippen molar-refractivity contribution in [3.05, 3.63) is 71.3 Å². The number of urea groups is 1. The van der Waals surface area contributed by atoms with Gasteiger partial charge in [0.05, 0.1) is 13.0 Å². The Morgan fingerprint density at radius 2 is 1.71 bits per heavy atom. The van der Waals surface area contributed by atoms with Gasteiger partial charge in [0.25, 0.3) is 5.91 Å². The van der Waals surface area contributed by atoms with Gasteiger partial charge in [0.15, 0.2) is 0 Å². The van der Waals surface area contributed by atoms with Crippen molar-refractivity contribution in [2.75, 3.05) is 11.4 Å². The zero-order chi connectivity index (χ0) is 22.2. The zero-order valence-electron chi connectivity index (χ0n) is 17.3. The van der Waals surface area contributed by atoms with Gasteiger partial charge in [0, 0.05) is 17.8 Å². The second-order valence-corrected chi connectivity index (χ2v) is 7.54. The van der Waals surface area contributed by atoms with Gasteiger partial charge >= 0.3 is 12.0 Å². The Hall–Kier alpha value is -3.61. The number of amides is 3. The topological polar surface area (TPSA) is 113 Å². The smallest absolute Gasteiger partial charge is 0.319 e.